The maximum absolute atomic E-state index is 12.3. The fourth-order valence-electron chi connectivity index (χ4n) is 1.44. The molecule has 98 valence electrons. The topological polar surface area (TPSA) is 61.2 Å². The fraction of sp³-hybridized carbons (Fsp3) is 0.364. The molecule has 0 amide bonds. The van der Waals surface area contributed by atoms with Crippen molar-refractivity contribution in [1.82, 2.24) is 4.31 Å². The Morgan fingerprint density at radius 1 is 1.39 bits per heavy atom. The van der Waals surface area contributed by atoms with Crippen LogP contribution in [-0.2, 0) is 10.0 Å². The molecule has 0 saturated heterocycles. The van der Waals surface area contributed by atoms with Crippen LogP contribution in [0.3, 0.4) is 0 Å². The molecule has 0 atom stereocenters. The highest BCUT2D eigenvalue weighted by Crippen LogP contribution is 2.27. The van der Waals surface area contributed by atoms with Crippen molar-refractivity contribution >= 4 is 33.2 Å². The van der Waals surface area contributed by atoms with E-state index in [2.05, 4.69) is 0 Å². The largest absolute Gasteiger partial charge is 0.244 e. The van der Waals surface area contributed by atoms with E-state index in [1.165, 1.54) is 22.5 Å². The van der Waals surface area contributed by atoms with Crippen LogP contribution >= 0.6 is 23.2 Å². The lowest BCUT2D eigenvalue weighted by Crippen LogP contribution is -2.31. The lowest BCUT2D eigenvalue weighted by Gasteiger charge is -2.20. The number of hydrogen-bond acceptors (Lipinski definition) is 3. The minimum Gasteiger partial charge on any atom is -0.207 e. The fourth-order valence-corrected chi connectivity index (χ4v) is 3.62. The standard InChI is InChI=1S/C11H12Cl2N2O2S/c1-2-15(7-3-6-14)18(16,17)11-8-9(12)4-5-10(11)13/h4-5,8H,2-3,7H2,1H3. The summed E-state index contributed by atoms with van der Waals surface area (Å²) >= 11 is 11.7. The van der Waals surface area contributed by atoms with Gasteiger partial charge in [-0.2, -0.15) is 9.57 Å². The number of halogens is 2. The van der Waals surface area contributed by atoms with E-state index in [0.717, 1.165) is 0 Å². The SMILES string of the molecule is CCN(CCC#N)S(=O)(=O)c1cc(Cl)ccc1Cl. The van der Waals surface area contributed by atoms with E-state index >= 15 is 0 Å². The number of benzene rings is 1. The molecule has 0 spiro atoms. The zero-order chi connectivity index (χ0) is 13.8. The van der Waals surface area contributed by atoms with E-state index in [-0.39, 0.29) is 29.4 Å². The minimum atomic E-state index is -3.71. The Morgan fingerprint density at radius 2 is 2.06 bits per heavy atom. The third-order valence-corrected chi connectivity index (χ3v) is 5.03. The van der Waals surface area contributed by atoms with Crippen LogP contribution in [0, 0.1) is 11.3 Å². The zero-order valence-corrected chi connectivity index (χ0v) is 12.1. The van der Waals surface area contributed by atoms with Gasteiger partial charge in [-0.1, -0.05) is 30.1 Å². The molecule has 0 aromatic heterocycles. The highest BCUT2D eigenvalue weighted by Gasteiger charge is 2.25. The van der Waals surface area contributed by atoms with E-state index in [0.29, 0.717) is 5.02 Å². The molecule has 18 heavy (non-hydrogen) atoms. The summed E-state index contributed by atoms with van der Waals surface area (Å²) in [7, 11) is -3.71. The van der Waals surface area contributed by atoms with Crippen molar-refractivity contribution in [3.05, 3.63) is 28.2 Å². The molecule has 0 aliphatic heterocycles. The van der Waals surface area contributed by atoms with Gasteiger partial charge in [0.1, 0.15) is 4.90 Å². The number of nitrogens with zero attached hydrogens (tertiary/aromatic N) is 2. The molecule has 0 saturated carbocycles. The van der Waals surface area contributed by atoms with Crippen LogP contribution < -0.4 is 0 Å². The maximum Gasteiger partial charge on any atom is 0.244 e. The summed E-state index contributed by atoms with van der Waals surface area (Å²) in [5, 5.41) is 8.95. The van der Waals surface area contributed by atoms with Gasteiger partial charge in [-0.15, -0.1) is 0 Å². The Hall–Kier alpha value is -0.800. The summed E-state index contributed by atoms with van der Waals surface area (Å²) in [4.78, 5) is -0.0311. The lowest BCUT2D eigenvalue weighted by molar-refractivity contribution is 0.435. The molecule has 1 rings (SSSR count). The first-order valence-corrected chi connectivity index (χ1v) is 7.45. The Morgan fingerprint density at radius 3 is 2.61 bits per heavy atom. The van der Waals surface area contributed by atoms with Gasteiger partial charge in [-0.05, 0) is 18.2 Å². The van der Waals surface area contributed by atoms with Crippen LogP contribution in [-0.4, -0.2) is 25.8 Å². The van der Waals surface area contributed by atoms with Gasteiger partial charge in [0.25, 0.3) is 0 Å². The van der Waals surface area contributed by atoms with Crippen LogP contribution in [0.15, 0.2) is 23.1 Å². The van der Waals surface area contributed by atoms with Crippen LogP contribution in [0.1, 0.15) is 13.3 Å². The average Bonchev–Trinajstić information content (AvgIpc) is 2.33. The van der Waals surface area contributed by atoms with E-state index in [1.54, 1.807) is 6.92 Å². The second kappa shape index (κ2) is 6.39. The summed E-state index contributed by atoms with van der Waals surface area (Å²) in [6.45, 7) is 2.11. The monoisotopic (exact) mass is 306 g/mol. The number of sulfonamides is 1. The molecular formula is C11H12Cl2N2O2S. The quantitative estimate of drug-likeness (QED) is 0.840. The average molecular weight is 307 g/mol. The molecule has 0 aliphatic carbocycles. The van der Waals surface area contributed by atoms with Gasteiger partial charge in [0.05, 0.1) is 11.1 Å². The van der Waals surface area contributed by atoms with Crippen molar-refractivity contribution in [2.75, 3.05) is 13.1 Å². The van der Waals surface area contributed by atoms with E-state index in [9.17, 15) is 8.42 Å². The van der Waals surface area contributed by atoms with Crippen molar-refractivity contribution in [2.45, 2.75) is 18.2 Å². The first kappa shape index (κ1) is 15.3. The highest BCUT2D eigenvalue weighted by molar-refractivity contribution is 7.89. The second-order valence-corrected chi connectivity index (χ2v) is 6.23. The van der Waals surface area contributed by atoms with Crippen LogP contribution in [0.4, 0.5) is 0 Å². The predicted octanol–water partition coefficient (Wildman–Crippen LogP) is 2.92. The van der Waals surface area contributed by atoms with Crippen LogP contribution in [0.5, 0.6) is 0 Å². The van der Waals surface area contributed by atoms with E-state index in [1.807, 2.05) is 6.07 Å². The molecule has 0 radical (unpaired) electrons. The molecule has 1 aromatic carbocycles. The zero-order valence-electron chi connectivity index (χ0n) is 9.73. The third kappa shape index (κ3) is 3.36. The van der Waals surface area contributed by atoms with E-state index in [4.69, 9.17) is 28.5 Å². The number of nitriles is 1. The number of rotatable bonds is 5. The maximum atomic E-state index is 12.3. The van der Waals surface area contributed by atoms with Gasteiger partial charge in [0.15, 0.2) is 0 Å². The summed E-state index contributed by atoms with van der Waals surface area (Å²) in [6, 6.07) is 6.19. The summed E-state index contributed by atoms with van der Waals surface area (Å²) in [5.41, 5.74) is 0. The van der Waals surface area contributed by atoms with Gasteiger partial charge in [0, 0.05) is 24.5 Å². The van der Waals surface area contributed by atoms with Gasteiger partial charge >= 0.3 is 0 Å². The van der Waals surface area contributed by atoms with Crippen molar-refractivity contribution in [2.24, 2.45) is 0 Å². The van der Waals surface area contributed by atoms with Crippen molar-refractivity contribution in [3.8, 4) is 6.07 Å². The summed E-state index contributed by atoms with van der Waals surface area (Å²) in [5.74, 6) is 0. The van der Waals surface area contributed by atoms with Gasteiger partial charge < -0.3 is 0 Å². The normalized spacial score (nSPS) is 11.5. The molecule has 0 N–H and O–H groups in total. The van der Waals surface area contributed by atoms with Gasteiger partial charge in [0.2, 0.25) is 10.0 Å². The molecule has 0 aliphatic rings. The number of hydrogen-bond donors (Lipinski definition) is 0. The second-order valence-electron chi connectivity index (χ2n) is 3.48. The van der Waals surface area contributed by atoms with Gasteiger partial charge in [-0.25, -0.2) is 8.42 Å². The summed E-state index contributed by atoms with van der Waals surface area (Å²) in [6.07, 6.45) is 0.130. The molecular weight excluding hydrogens is 295 g/mol. The highest BCUT2D eigenvalue weighted by atomic mass is 35.5. The van der Waals surface area contributed by atoms with Crippen molar-refractivity contribution < 1.29 is 8.42 Å². The predicted molar refractivity (Wildman–Crippen MR) is 71.1 cm³/mol. The smallest absolute Gasteiger partial charge is 0.207 e. The Kier molecular flexibility index (Phi) is 5.42. The van der Waals surface area contributed by atoms with Crippen molar-refractivity contribution in [1.29, 1.82) is 5.26 Å². The Labute approximate surface area is 117 Å². The molecule has 0 bridgehead atoms. The van der Waals surface area contributed by atoms with Gasteiger partial charge in [-0.3, -0.25) is 0 Å². The lowest BCUT2D eigenvalue weighted by atomic mass is 10.4. The molecule has 1 aromatic rings. The molecule has 0 fully saturated rings. The van der Waals surface area contributed by atoms with Crippen LogP contribution in [0.25, 0.3) is 0 Å². The van der Waals surface area contributed by atoms with Crippen molar-refractivity contribution in [3.63, 3.8) is 0 Å². The minimum absolute atomic E-state index is 0.0311. The van der Waals surface area contributed by atoms with E-state index < -0.39 is 10.0 Å². The molecule has 0 heterocycles. The molecule has 4 nitrogen and oxygen atoms in total. The molecule has 0 unspecified atom stereocenters. The third-order valence-electron chi connectivity index (χ3n) is 2.34. The Bertz CT molecular complexity index is 567. The van der Waals surface area contributed by atoms with Crippen LogP contribution in [0.2, 0.25) is 10.0 Å². The first-order chi connectivity index (χ1) is 8.43. The summed E-state index contributed by atoms with van der Waals surface area (Å²) < 4.78 is 25.8. The molecule has 7 heteroatoms. The Balaban J connectivity index is 3.19. The first-order valence-electron chi connectivity index (χ1n) is 5.25.